The van der Waals surface area contributed by atoms with Gasteiger partial charge in [-0.05, 0) is 35.9 Å². The minimum Gasteiger partial charge on any atom is -0.457 e. The van der Waals surface area contributed by atoms with Crippen LogP contribution in [0.4, 0.5) is 10.1 Å². The number of fused-ring (bicyclic) bond motifs is 1. The molecular formula is C19H16FNO4S. The highest BCUT2D eigenvalue weighted by molar-refractivity contribution is 8.00. The second-order valence-corrected chi connectivity index (χ2v) is 6.79. The average molecular weight is 373 g/mol. The number of ketones is 1. The van der Waals surface area contributed by atoms with Crippen molar-refractivity contribution in [1.29, 1.82) is 0 Å². The number of hydrogen-bond donors (Lipinski definition) is 0. The Morgan fingerprint density at radius 3 is 2.77 bits per heavy atom. The minimum absolute atomic E-state index is 0.0267. The van der Waals surface area contributed by atoms with Crippen LogP contribution < -0.4 is 4.90 Å². The number of esters is 1. The van der Waals surface area contributed by atoms with Crippen molar-refractivity contribution in [1.82, 2.24) is 0 Å². The molecule has 0 fully saturated rings. The number of nitrogens with zero attached hydrogens (tertiary/aromatic N) is 1. The highest BCUT2D eigenvalue weighted by Gasteiger charge is 2.24. The standard InChI is InChI=1S/C19H16FNO4S/c1-21-15-7-6-12(8-13(15)9-18(21)23)16(22)10-25-19(24)11-26-17-5-3-2-4-14(17)20/h2-8H,9-11H2,1H3. The first-order valence-electron chi connectivity index (χ1n) is 7.91. The molecule has 134 valence electrons. The van der Waals surface area contributed by atoms with Crippen molar-refractivity contribution in [3.63, 3.8) is 0 Å². The lowest BCUT2D eigenvalue weighted by Crippen LogP contribution is -2.20. The highest BCUT2D eigenvalue weighted by Crippen LogP contribution is 2.28. The van der Waals surface area contributed by atoms with Crippen molar-refractivity contribution < 1.29 is 23.5 Å². The molecule has 2 aromatic carbocycles. The maximum absolute atomic E-state index is 13.5. The molecule has 2 aromatic rings. The summed E-state index contributed by atoms with van der Waals surface area (Å²) in [6.45, 7) is -0.390. The Labute approximate surface area is 154 Å². The summed E-state index contributed by atoms with van der Waals surface area (Å²) in [5.41, 5.74) is 1.95. The highest BCUT2D eigenvalue weighted by atomic mass is 32.2. The van der Waals surface area contributed by atoms with Crippen LogP contribution in [-0.2, 0) is 20.7 Å². The van der Waals surface area contributed by atoms with Gasteiger partial charge in [0, 0.05) is 23.2 Å². The van der Waals surface area contributed by atoms with Gasteiger partial charge < -0.3 is 9.64 Å². The molecule has 3 rings (SSSR count). The van der Waals surface area contributed by atoms with Crippen LogP contribution in [0.3, 0.4) is 0 Å². The lowest BCUT2D eigenvalue weighted by molar-refractivity contribution is -0.139. The van der Waals surface area contributed by atoms with Crippen LogP contribution in [0.2, 0.25) is 0 Å². The third-order valence-electron chi connectivity index (χ3n) is 4.03. The normalized spacial score (nSPS) is 12.8. The lowest BCUT2D eigenvalue weighted by Gasteiger charge is -2.10. The van der Waals surface area contributed by atoms with Gasteiger partial charge in [-0.15, -0.1) is 11.8 Å². The topological polar surface area (TPSA) is 63.7 Å². The summed E-state index contributed by atoms with van der Waals surface area (Å²) in [6.07, 6.45) is 0.256. The second-order valence-electron chi connectivity index (χ2n) is 5.78. The molecule has 0 saturated carbocycles. The third kappa shape index (κ3) is 3.94. The van der Waals surface area contributed by atoms with Crippen molar-refractivity contribution >= 4 is 35.1 Å². The number of amides is 1. The first-order chi connectivity index (χ1) is 12.5. The molecule has 1 heterocycles. The number of hydrogen-bond acceptors (Lipinski definition) is 5. The molecule has 0 N–H and O–H groups in total. The quantitative estimate of drug-likeness (QED) is 0.443. The zero-order valence-corrected chi connectivity index (χ0v) is 14.8. The Balaban J connectivity index is 1.53. The fourth-order valence-electron chi connectivity index (χ4n) is 2.61. The molecule has 26 heavy (non-hydrogen) atoms. The molecule has 1 aliphatic heterocycles. The Morgan fingerprint density at radius 1 is 1.23 bits per heavy atom. The van der Waals surface area contributed by atoms with E-state index >= 15 is 0 Å². The summed E-state index contributed by atoms with van der Waals surface area (Å²) in [7, 11) is 1.69. The van der Waals surface area contributed by atoms with E-state index in [1.54, 1.807) is 48.3 Å². The van der Waals surface area contributed by atoms with E-state index in [9.17, 15) is 18.8 Å². The van der Waals surface area contributed by atoms with Gasteiger partial charge in [-0.1, -0.05) is 12.1 Å². The fourth-order valence-corrected chi connectivity index (χ4v) is 3.35. The number of likely N-dealkylation sites (N-methyl/N-ethyl adjacent to an activating group) is 1. The van der Waals surface area contributed by atoms with Crippen molar-refractivity contribution in [2.45, 2.75) is 11.3 Å². The van der Waals surface area contributed by atoms with Gasteiger partial charge in [-0.2, -0.15) is 0 Å². The smallest absolute Gasteiger partial charge is 0.316 e. The maximum atomic E-state index is 13.5. The van der Waals surface area contributed by atoms with Crippen LogP contribution in [0.25, 0.3) is 0 Å². The Hall–Kier alpha value is -2.67. The number of halogens is 1. The molecule has 5 nitrogen and oxygen atoms in total. The largest absolute Gasteiger partial charge is 0.457 e. The van der Waals surface area contributed by atoms with Crippen molar-refractivity contribution in [2.24, 2.45) is 0 Å². The predicted octanol–water partition coefficient (Wildman–Crippen LogP) is 2.86. The van der Waals surface area contributed by atoms with Crippen LogP contribution in [0, 0.1) is 5.82 Å². The zero-order chi connectivity index (χ0) is 18.7. The van der Waals surface area contributed by atoms with Gasteiger partial charge in [-0.3, -0.25) is 14.4 Å². The summed E-state index contributed by atoms with van der Waals surface area (Å²) < 4.78 is 18.5. The number of ether oxygens (including phenoxy) is 1. The molecule has 7 heteroatoms. The fraction of sp³-hybridized carbons (Fsp3) is 0.211. The molecule has 0 radical (unpaired) electrons. The van der Waals surface area contributed by atoms with Gasteiger partial charge in [0.2, 0.25) is 5.91 Å². The van der Waals surface area contributed by atoms with Gasteiger partial charge in [0.25, 0.3) is 0 Å². The molecule has 0 spiro atoms. The molecule has 0 aromatic heterocycles. The van der Waals surface area contributed by atoms with Crippen molar-refractivity contribution in [3.8, 4) is 0 Å². The minimum atomic E-state index is -0.595. The van der Waals surface area contributed by atoms with E-state index in [4.69, 9.17) is 4.74 Å². The molecule has 1 amide bonds. The number of Topliss-reactive ketones (excluding diaryl/α,β-unsaturated/α-hetero) is 1. The van der Waals surface area contributed by atoms with E-state index < -0.39 is 11.8 Å². The van der Waals surface area contributed by atoms with Gasteiger partial charge in [0.05, 0.1) is 12.2 Å². The predicted molar refractivity (Wildman–Crippen MR) is 96.0 cm³/mol. The van der Waals surface area contributed by atoms with E-state index in [2.05, 4.69) is 0 Å². The average Bonchev–Trinajstić information content (AvgIpc) is 2.92. The second kappa shape index (κ2) is 7.70. The molecule has 0 bridgehead atoms. The van der Waals surface area contributed by atoms with Gasteiger partial charge >= 0.3 is 5.97 Å². The van der Waals surface area contributed by atoms with Crippen LogP contribution in [0.5, 0.6) is 0 Å². The number of benzene rings is 2. The van der Waals surface area contributed by atoms with E-state index in [0.717, 1.165) is 23.0 Å². The number of carbonyl (C=O) groups excluding carboxylic acids is 3. The molecular weight excluding hydrogens is 357 g/mol. The van der Waals surface area contributed by atoms with Crippen molar-refractivity contribution in [2.75, 3.05) is 24.3 Å². The van der Waals surface area contributed by atoms with Gasteiger partial charge in [-0.25, -0.2) is 4.39 Å². The van der Waals surface area contributed by atoms with Crippen LogP contribution in [0.15, 0.2) is 47.4 Å². The zero-order valence-electron chi connectivity index (χ0n) is 14.0. The SMILES string of the molecule is CN1C(=O)Cc2cc(C(=O)COC(=O)CSc3ccccc3F)ccc21. The van der Waals surface area contributed by atoms with E-state index in [0.29, 0.717) is 10.5 Å². The Morgan fingerprint density at radius 2 is 2.00 bits per heavy atom. The summed E-state index contributed by atoms with van der Waals surface area (Å²) in [5, 5.41) is 0. The van der Waals surface area contributed by atoms with Gasteiger partial charge in [0.1, 0.15) is 5.82 Å². The van der Waals surface area contributed by atoms with E-state index in [1.807, 2.05) is 0 Å². The molecule has 1 aliphatic rings. The molecule has 0 atom stereocenters. The summed E-state index contributed by atoms with van der Waals surface area (Å²) in [6, 6.07) is 11.1. The summed E-state index contributed by atoms with van der Waals surface area (Å²) >= 11 is 1.02. The molecule has 0 saturated heterocycles. The molecule has 0 aliphatic carbocycles. The number of rotatable bonds is 6. The Kier molecular flexibility index (Phi) is 5.37. The van der Waals surface area contributed by atoms with Crippen LogP contribution in [0.1, 0.15) is 15.9 Å². The van der Waals surface area contributed by atoms with E-state index in [-0.39, 0.29) is 30.5 Å². The number of carbonyl (C=O) groups is 3. The lowest BCUT2D eigenvalue weighted by atomic mass is 10.1. The Bertz CT molecular complexity index is 884. The first-order valence-corrected chi connectivity index (χ1v) is 8.90. The van der Waals surface area contributed by atoms with Crippen LogP contribution in [-0.4, -0.2) is 37.1 Å². The van der Waals surface area contributed by atoms with E-state index in [1.165, 1.54) is 6.07 Å². The van der Waals surface area contributed by atoms with Crippen LogP contribution >= 0.6 is 11.8 Å². The number of thioether (sulfide) groups is 1. The first kappa shape index (κ1) is 18.1. The third-order valence-corrected chi connectivity index (χ3v) is 5.05. The van der Waals surface area contributed by atoms with Crippen molar-refractivity contribution in [3.05, 3.63) is 59.4 Å². The summed E-state index contributed by atoms with van der Waals surface area (Å²) in [5.74, 6) is -1.46. The van der Waals surface area contributed by atoms with Gasteiger partial charge in [0.15, 0.2) is 12.4 Å². The maximum Gasteiger partial charge on any atom is 0.316 e. The number of anilines is 1. The molecule has 0 unspecified atom stereocenters. The monoisotopic (exact) mass is 373 g/mol. The summed E-state index contributed by atoms with van der Waals surface area (Å²) in [4.78, 5) is 37.5.